The minimum Gasteiger partial charge on any atom is -0.481 e. The van der Waals surface area contributed by atoms with Crippen molar-refractivity contribution < 1.29 is 19.4 Å². The van der Waals surface area contributed by atoms with Crippen molar-refractivity contribution in [3.05, 3.63) is 29.8 Å². The molecule has 2 heterocycles. The van der Waals surface area contributed by atoms with Gasteiger partial charge in [0.1, 0.15) is 11.7 Å². The number of aliphatic carboxylic acids is 1. The monoisotopic (exact) mass is 261 g/mol. The Labute approximate surface area is 110 Å². The lowest BCUT2D eigenvalue weighted by molar-refractivity contribution is -0.176. The summed E-state index contributed by atoms with van der Waals surface area (Å²) in [6.45, 7) is 1.83. The summed E-state index contributed by atoms with van der Waals surface area (Å²) in [5.74, 6) is -2.13. The average Bonchev–Trinajstić information content (AvgIpc) is 2.36. The van der Waals surface area contributed by atoms with Crippen LogP contribution in [-0.2, 0) is 9.59 Å². The number of benzene rings is 1. The van der Waals surface area contributed by atoms with E-state index in [1.807, 2.05) is 31.2 Å². The largest absolute Gasteiger partial charge is 0.481 e. The van der Waals surface area contributed by atoms with Gasteiger partial charge in [-0.25, -0.2) is 0 Å². The SMILES string of the molecule is CN1C(=O)[C@H](C(=O)O)[C@H]2C[C@@]1(C)Oc1ccccc12. The van der Waals surface area contributed by atoms with Gasteiger partial charge in [0.15, 0.2) is 5.72 Å². The first-order valence-corrected chi connectivity index (χ1v) is 6.22. The predicted molar refractivity (Wildman–Crippen MR) is 66.7 cm³/mol. The van der Waals surface area contributed by atoms with E-state index in [-0.39, 0.29) is 11.8 Å². The van der Waals surface area contributed by atoms with Crippen molar-refractivity contribution in [2.75, 3.05) is 7.05 Å². The highest BCUT2D eigenvalue weighted by Gasteiger charge is 2.54. The van der Waals surface area contributed by atoms with Crippen molar-refractivity contribution in [2.24, 2.45) is 5.92 Å². The average molecular weight is 261 g/mol. The van der Waals surface area contributed by atoms with Crippen LogP contribution >= 0.6 is 0 Å². The van der Waals surface area contributed by atoms with Gasteiger partial charge in [-0.15, -0.1) is 0 Å². The molecule has 5 nitrogen and oxygen atoms in total. The maximum atomic E-state index is 12.3. The number of amides is 1. The molecular weight excluding hydrogens is 246 g/mol. The Kier molecular flexibility index (Phi) is 2.36. The molecule has 3 rings (SSSR count). The van der Waals surface area contributed by atoms with Crippen molar-refractivity contribution in [1.82, 2.24) is 4.90 Å². The van der Waals surface area contributed by atoms with Gasteiger partial charge in [0, 0.05) is 19.4 Å². The van der Waals surface area contributed by atoms with Crippen molar-refractivity contribution in [2.45, 2.75) is 25.0 Å². The lowest BCUT2D eigenvalue weighted by atomic mass is 9.74. The second-order valence-electron chi connectivity index (χ2n) is 5.34. The Bertz CT molecular complexity index is 570. The van der Waals surface area contributed by atoms with Crippen molar-refractivity contribution in [1.29, 1.82) is 0 Å². The molecule has 1 aromatic rings. The molecule has 1 aromatic carbocycles. The molecular formula is C14H15NO4. The first-order chi connectivity index (χ1) is 8.94. The van der Waals surface area contributed by atoms with Gasteiger partial charge >= 0.3 is 5.97 Å². The van der Waals surface area contributed by atoms with Crippen LogP contribution in [0.15, 0.2) is 24.3 Å². The third-order valence-electron chi connectivity index (χ3n) is 4.22. The maximum absolute atomic E-state index is 12.3. The second kappa shape index (κ2) is 3.73. The molecule has 0 aliphatic carbocycles. The summed E-state index contributed by atoms with van der Waals surface area (Å²) in [7, 11) is 1.60. The minimum absolute atomic E-state index is 0.323. The zero-order chi connectivity index (χ0) is 13.8. The number of carboxylic acids is 1. The molecule has 0 unspecified atom stereocenters. The molecule has 2 bridgehead atoms. The lowest BCUT2D eigenvalue weighted by Gasteiger charge is -2.51. The Balaban J connectivity index is 2.17. The van der Waals surface area contributed by atoms with Gasteiger partial charge in [-0.1, -0.05) is 18.2 Å². The number of carbonyl (C=O) groups is 2. The number of carbonyl (C=O) groups excluding carboxylic acids is 1. The quantitative estimate of drug-likeness (QED) is 0.777. The van der Waals surface area contributed by atoms with Gasteiger partial charge in [0.2, 0.25) is 5.91 Å². The van der Waals surface area contributed by atoms with E-state index in [0.717, 1.165) is 5.56 Å². The van der Waals surface area contributed by atoms with E-state index in [2.05, 4.69) is 0 Å². The molecule has 5 heteroatoms. The lowest BCUT2D eigenvalue weighted by Crippen LogP contribution is -2.62. The van der Waals surface area contributed by atoms with Crippen molar-refractivity contribution in [3.63, 3.8) is 0 Å². The summed E-state index contributed by atoms with van der Waals surface area (Å²) >= 11 is 0. The second-order valence-corrected chi connectivity index (χ2v) is 5.34. The van der Waals surface area contributed by atoms with E-state index in [0.29, 0.717) is 12.2 Å². The number of ether oxygens (including phenoxy) is 1. The van der Waals surface area contributed by atoms with Crippen LogP contribution < -0.4 is 4.74 Å². The predicted octanol–water partition coefficient (Wildman–Crippen LogP) is 1.44. The van der Waals surface area contributed by atoms with E-state index in [1.165, 1.54) is 4.90 Å². The number of para-hydroxylation sites is 1. The Morgan fingerprint density at radius 3 is 2.84 bits per heavy atom. The third kappa shape index (κ3) is 1.54. The molecule has 0 saturated carbocycles. The molecule has 3 atom stereocenters. The number of hydrogen-bond donors (Lipinski definition) is 1. The molecule has 1 saturated heterocycles. The molecule has 100 valence electrons. The summed E-state index contributed by atoms with van der Waals surface area (Å²) in [4.78, 5) is 25.1. The van der Waals surface area contributed by atoms with Crippen LogP contribution in [0.4, 0.5) is 0 Å². The highest BCUT2D eigenvalue weighted by Crippen LogP contribution is 2.49. The van der Waals surface area contributed by atoms with Crippen molar-refractivity contribution >= 4 is 11.9 Å². The first-order valence-electron chi connectivity index (χ1n) is 6.22. The number of carboxylic acid groups (broad SMARTS) is 1. The normalized spacial score (nSPS) is 32.5. The zero-order valence-corrected chi connectivity index (χ0v) is 10.8. The smallest absolute Gasteiger partial charge is 0.316 e. The molecule has 0 radical (unpaired) electrons. The van der Waals surface area contributed by atoms with Crippen LogP contribution in [-0.4, -0.2) is 34.7 Å². The number of hydrogen-bond acceptors (Lipinski definition) is 3. The van der Waals surface area contributed by atoms with E-state index < -0.39 is 17.6 Å². The summed E-state index contributed by atoms with van der Waals surface area (Å²) in [5.41, 5.74) is 0.0519. The Morgan fingerprint density at radius 1 is 1.47 bits per heavy atom. The summed E-state index contributed by atoms with van der Waals surface area (Å²) in [5, 5.41) is 9.36. The van der Waals surface area contributed by atoms with Crippen LogP contribution in [0.2, 0.25) is 0 Å². The van der Waals surface area contributed by atoms with Gasteiger partial charge in [0.05, 0.1) is 0 Å². The standard InChI is InChI=1S/C14H15NO4/c1-14-7-9(8-5-3-4-6-10(8)19-14)11(13(17)18)12(16)15(14)2/h3-6,9,11H,7H2,1-2H3,(H,17,18)/t9-,11+,14+/m0/s1. The fourth-order valence-corrected chi connectivity index (χ4v) is 3.07. The van der Waals surface area contributed by atoms with E-state index in [9.17, 15) is 14.7 Å². The van der Waals surface area contributed by atoms with Crippen molar-refractivity contribution in [3.8, 4) is 5.75 Å². The van der Waals surface area contributed by atoms with E-state index in [1.54, 1.807) is 7.05 Å². The molecule has 2 aliphatic rings. The Morgan fingerprint density at radius 2 is 2.16 bits per heavy atom. The minimum atomic E-state index is -1.07. The zero-order valence-electron chi connectivity index (χ0n) is 10.8. The highest BCUT2D eigenvalue weighted by atomic mass is 16.5. The number of fused-ring (bicyclic) bond motifs is 4. The summed E-state index contributed by atoms with van der Waals surface area (Å²) in [6.07, 6.45) is 0.503. The maximum Gasteiger partial charge on any atom is 0.316 e. The topological polar surface area (TPSA) is 66.8 Å². The van der Waals surface area contributed by atoms with E-state index in [4.69, 9.17) is 4.74 Å². The number of rotatable bonds is 1. The molecule has 0 aromatic heterocycles. The van der Waals surface area contributed by atoms with Gasteiger partial charge in [0.25, 0.3) is 0 Å². The van der Waals surface area contributed by atoms with Crippen LogP contribution in [0.1, 0.15) is 24.8 Å². The van der Waals surface area contributed by atoms with Gasteiger partial charge in [-0.05, 0) is 18.6 Å². The van der Waals surface area contributed by atoms with Gasteiger partial charge in [-0.2, -0.15) is 0 Å². The fraction of sp³-hybridized carbons (Fsp3) is 0.429. The van der Waals surface area contributed by atoms with Gasteiger partial charge in [-0.3, -0.25) is 9.59 Å². The molecule has 0 spiro atoms. The Hall–Kier alpha value is -2.04. The van der Waals surface area contributed by atoms with Crippen LogP contribution in [0.25, 0.3) is 0 Å². The number of nitrogens with zero attached hydrogens (tertiary/aromatic N) is 1. The van der Waals surface area contributed by atoms with Crippen LogP contribution in [0, 0.1) is 5.92 Å². The summed E-state index contributed by atoms with van der Waals surface area (Å²) < 4.78 is 5.91. The fourth-order valence-electron chi connectivity index (χ4n) is 3.07. The van der Waals surface area contributed by atoms with Crippen LogP contribution in [0.3, 0.4) is 0 Å². The molecule has 1 amide bonds. The molecule has 19 heavy (non-hydrogen) atoms. The molecule has 1 N–H and O–H groups in total. The molecule has 2 aliphatic heterocycles. The third-order valence-corrected chi connectivity index (χ3v) is 4.22. The molecule has 1 fully saturated rings. The first kappa shape index (κ1) is 12.0. The van der Waals surface area contributed by atoms with Crippen LogP contribution in [0.5, 0.6) is 5.75 Å². The number of piperidine rings is 1. The highest BCUT2D eigenvalue weighted by molar-refractivity contribution is 5.99. The summed E-state index contributed by atoms with van der Waals surface area (Å²) in [6, 6.07) is 7.35. The van der Waals surface area contributed by atoms with Gasteiger partial charge < -0.3 is 14.7 Å². The number of likely N-dealkylation sites (tertiary alicyclic amines) is 1. The van der Waals surface area contributed by atoms with E-state index >= 15 is 0 Å².